The minimum absolute atomic E-state index is 0.199. The molecule has 0 aliphatic carbocycles. The molecule has 0 spiro atoms. The van der Waals surface area contributed by atoms with Gasteiger partial charge in [-0.15, -0.1) is 0 Å². The largest absolute Gasteiger partial charge is 0.449 e. The van der Waals surface area contributed by atoms with Crippen LogP contribution in [0.3, 0.4) is 0 Å². The van der Waals surface area contributed by atoms with Gasteiger partial charge in [-0.3, -0.25) is 4.79 Å². The number of halogens is 1. The number of carbonyl (C=O) groups is 2. The molecule has 1 aromatic rings. The number of hydrogen-bond donors (Lipinski definition) is 0. The highest BCUT2D eigenvalue weighted by atomic mass is 19.1. The average molecular weight is 368 g/mol. The summed E-state index contributed by atoms with van der Waals surface area (Å²) in [4.78, 5) is 26.0. The summed E-state index contributed by atoms with van der Waals surface area (Å²) in [6, 6.07) is 2.12. The third-order valence-corrected chi connectivity index (χ3v) is 4.25. The fourth-order valence-corrected chi connectivity index (χ4v) is 2.86. The van der Waals surface area contributed by atoms with Gasteiger partial charge in [0.05, 0.1) is 6.61 Å². The van der Waals surface area contributed by atoms with Gasteiger partial charge in [-0.2, -0.15) is 0 Å². The lowest BCUT2D eigenvalue weighted by atomic mass is 9.93. The molecular formula is C20H27FN2O3. The summed E-state index contributed by atoms with van der Waals surface area (Å²) in [5.74, 6) is -2.08. The number of hydrogen-bond acceptors (Lipinski definition) is 3. The molecule has 2 rings (SSSR count). The molecule has 2 amide bonds. The van der Waals surface area contributed by atoms with Gasteiger partial charge in [0.1, 0.15) is 5.82 Å². The van der Waals surface area contributed by atoms with E-state index in [1.165, 1.54) is 11.0 Å². The van der Waals surface area contributed by atoms with E-state index in [1.54, 1.807) is 13.0 Å². The van der Waals surface area contributed by atoms with Crippen molar-refractivity contribution in [1.82, 2.24) is 9.80 Å². The van der Waals surface area contributed by atoms with Crippen molar-refractivity contribution < 1.29 is 26.9 Å². The minimum Gasteiger partial charge on any atom is -0.449 e. The lowest BCUT2D eigenvalue weighted by Gasteiger charge is -2.27. The smallest absolute Gasteiger partial charge is 0.410 e. The number of nitrogens with zero attached hydrogens (tertiary/aromatic N) is 2. The Labute approximate surface area is 162 Å². The van der Waals surface area contributed by atoms with Crippen LogP contribution in [0, 0.1) is 12.7 Å². The topological polar surface area (TPSA) is 49.9 Å². The number of unbranched alkanes of at least 4 members (excludes halogenated alkanes) is 1. The molecule has 1 aromatic carbocycles. The van der Waals surface area contributed by atoms with Crippen LogP contribution in [-0.2, 0) is 4.74 Å². The van der Waals surface area contributed by atoms with E-state index in [-0.39, 0.29) is 22.6 Å². The first-order valence-electron chi connectivity index (χ1n) is 11.5. The molecule has 26 heavy (non-hydrogen) atoms. The van der Waals surface area contributed by atoms with Crippen LogP contribution < -0.4 is 0 Å². The quantitative estimate of drug-likeness (QED) is 0.742. The molecule has 6 heteroatoms. The predicted octanol–water partition coefficient (Wildman–Crippen LogP) is 3.86. The number of aryl methyl sites for hydroxylation is 1. The van der Waals surface area contributed by atoms with Crippen LogP contribution in [0.4, 0.5) is 9.18 Å². The van der Waals surface area contributed by atoms with Crippen molar-refractivity contribution in [3.8, 4) is 0 Å². The predicted molar refractivity (Wildman–Crippen MR) is 99.6 cm³/mol. The third kappa shape index (κ3) is 4.62. The van der Waals surface area contributed by atoms with Crippen molar-refractivity contribution >= 4 is 17.6 Å². The molecule has 0 unspecified atom stereocenters. The second-order valence-corrected chi connectivity index (χ2v) is 6.18. The normalized spacial score (nSPS) is 18.4. The van der Waals surface area contributed by atoms with Gasteiger partial charge in [0.15, 0.2) is 0 Å². The lowest BCUT2D eigenvalue weighted by molar-refractivity contribution is 0.0826. The second kappa shape index (κ2) is 8.83. The summed E-state index contributed by atoms with van der Waals surface area (Å²) in [7, 11) is 0. The van der Waals surface area contributed by atoms with Gasteiger partial charge in [-0.05, 0) is 43.0 Å². The summed E-state index contributed by atoms with van der Waals surface area (Å²) in [6.45, 7) is -1.97. The molecule has 0 aromatic heterocycles. The zero-order valence-electron chi connectivity index (χ0n) is 21.0. The Bertz CT molecular complexity index is 861. The molecular weight excluding hydrogens is 335 g/mol. The Morgan fingerprint density at radius 3 is 2.73 bits per heavy atom. The summed E-state index contributed by atoms with van der Waals surface area (Å²) in [5, 5.41) is 0. The monoisotopic (exact) mass is 368 g/mol. The number of benzene rings is 1. The molecule has 1 heterocycles. The van der Waals surface area contributed by atoms with Gasteiger partial charge < -0.3 is 14.5 Å². The number of rotatable bonds is 5. The molecule has 0 radical (unpaired) electrons. The van der Waals surface area contributed by atoms with E-state index < -0.39 is 31.8 Å². The van der Waals surface area contributed by atoms with Crippen molar-refractivity contribution in [3.63, 3.8) is 0 Å². The highest BCUT2D eigenvalue weighted by molar-refractivity contribution is 5.94. The number of amides is 2. The number of carbonyl (C=O) groups excluding carboxylic acids is 2. The van der Waals surface area contributed by atoms with Crippen molar-refractivity contribution in [2.24, 2.45) is 0 Å². The van der Waals surface area contributed by atoms with Gasteiger partial charge in [-0.25, -0.2) is 9.18 Å². The van der Waals surface area contributed by atoms with Crippen LogP contribution in [0.2, 0.25) is 0 Å². The molecule has 0 atom stereocenters. The zero-order chi connectivity index (χ0) is 24.3. The van der Waals surface area contributed by atoms with Crippen LogP contribution >= 0.6 is 0 Å². The van der Waals surface area contributed by atoms with Gasteiger partial charge in [0.2, 0.25) is 0 Å². The first-order chi connectivity index (χ1) is 14.8. The van der Waals surface area contributed by atoms with E-state index >= 15 is 0 Å². The highest BCUT2D eigenvalue weighted by Gasteiger charge is 2.22. The van der Waals surface area contributed by atoms with Crippen LogP contribution in [0.15, 0.2) is 18.2 Å². The fraction of sp³-hybridized carbons (Fsp3) is 0.500. The van der Waals surface area contributed by atoms with Crippen LogP contribution in [0.1, 0.15) is 55.9 Å². The molecule has 0 saturated heterocycles. The third-order valence-electron chi connectivity index (χ3n) is 4.25. The van der Waals surface area contributed by atoms with Gasteiger partial charge in [-0.1, -0.05) is 19.4 Å². The SMILES string of the molecule is [2H]C([2H])([2H])N(C(=O)c1cc(C)c(C2=CCN(C(=O)OCCCC)CC2)c(F)c1)C([2H])([2H])[2H]. The van der Waals surface area contributed by atoms with Crippen LogP contribution in [-0.4, -0.2) is 55.4 Å². The average Bonchev–Trinajstić information content (AvgIpc) is 2.65. The van der Waals surface area contributed by atoms with Crippen LogP contribution in [0.25, 0.3) is 5.57 Å². The summed E-state index contributed by atoms with van der Waals surface area (Å²) < 4.78 is 64.4. The Morgan fingerprint density at radius 1 is 1.38 bits per heavy atom. The molecule has 0 saturated carbocycles. The molecule has 0 N–H and O–H groups in total. The number of ether oxygens (including phenoxy) is 1. The Morgan fingerprint density at radius 2 is 2.15 bits per heavy atom. The minimum atomic E-state index is -3.22. The highest BCUT2D eigenvalue weighted by Crippen LogP contribution is 2.29. The van der Waals surface area contributed by atoms with Gasteiger partial charge in [0.25, 0.3) is 5.91 Å². The molecule has 1 aliphatic rings. The summed E-state index contributed by atoms with van der Waals surface area (Å²) >= 11 is 0. The van der Waals surface area contributed by atoms with E-state index in [0.29, 0.717) is 30.7 Å². The molecule has 0 bridgehead atoms. The van der Waals surface area contributed by atoms with E-state index in [2.05, 4.69) is 0 Å². The maximum atomic E-state index is 15.0. The Hall–Kier alpha value is -2.37. The van der Waals surface area contributed by atoms with Crippen molar-refractivity contribution in [1.29, 1.82) is 0 Å². The molecule has 0 fully saturated rings. The first kappa shape index (κ1) is 12.9. The maximum Gasteiger partial charge on any atom is 0.410 e. The lowest BCUT2D eigenvalue weighted by Crippen LogP contribution is -2.35. The van der Waals surface area contributed by atoms with E-state index in [4.69, 9.17) is 13.0 Å². The summed E-state index contributed by atoms with van der Waals surface area (Å²) in [6.07, 6.45) is 3.32. The van der Waals surface area contributed by atoms with Gasteiger partial charge in [0, 0.05) is 46.4 Å². The first-order valence-corrected chi connectivity index (χ1v) is 8.53. The molecule has 142 valence electrons. The second-order valence-electron chi connectivity index (χ2n) is 6.18. The van der Waals surface area contributed by atoms with E-state index in [0.717, 1.165) is 18.9 Å². The van der Waals surface area contributed by atoms with Crippen molar-refractivity contribution in [2.45, 2.75) is 33.1 Å². The van der Waals surface area contributed by atoms with Crippen molar-refractivity contribution in [3.05, 3.63) is 40.7 Å². The van der Waals surface area contributed by atoms with E-state index in [1.807, 2.05) is 6.92 Å². The Kier molecular flexibility index (Phi) is 4.38. The molecule has 5 nitrogen and oxygen atoms in total. The van der Waals surface area contributed by atoms with Gasteiger partial charge >= 0.3 is 6.09 Å². The fourth-order valence-electron chi connectivity index (χ4n) is 2.86. The van der Waals surface area contributed by atoms with Crippen LogP contribution in [0.5, 0.6) is 0 Å². The standard InChI is InChI=1S/C20H27FN2O3/c1-5-6-11-26-20(25)23-9-7-15(8-10-23)18-14(2)12-16(13-17(18)21)19(24)22(3)4/h7,12-13H,5-6,8-11H2,1-4H3/i3D3,4D3. The van der Waals surface area contributed by atoms with E-state index in [9.17, 15) is 14.0 Å². The van der Waals surface area contributed by atoms with Crippen molar-refractivity contribution in [2.75, 3.05) is 33.6 Å². The summed E-state index contributed by atoms with van der Waals surface area (Å²) in [5.41, 5.74) is 0.873. The Balaban J connectivity index is 2.25. The molecule has 1 aliphatic heterocycles. The zero-order valence-corrected chi connectivity index (χ0v) is 15.0. The maximum absolute atomic E-state index is 15.0.